The largest absolute Gasteiger partial charge is 0.364 e. The van der Waals surface area contributed by atoms with Crippen LogP contribution in [0.25, 0.3) is 5.69 Å². The fraction of sp³-hybridized carbons (Fsp3) is 0.280. The number of likely N-dealkylation sites (tertiary alicyclic amines) is 1. The van der Waals surface area contributed by atoms with Gasteiger partial charge in [0.25, 0.3) is 17.7 Å². The number of carbonyl (C=O) groups excluding carboxylic acids is 3. The van der Waals surface area contributed by atoms with Crippen molar-refractivity contribution in [1.29, 1.82) is 0 Å². The summed E-state index contributed by atoms with van der Waals surface area (Å²) in [5.74, 6) is -0.499. The summed E-state index contributed by atoms with van der Waals surface area (Å²) >= 11 is 0. The highest BCUT2D eigenvalue weighted by Crippen LogP contribution is 2.25. The summed E-state index contributed by atoms with van der Waals surface area (Å²) in [6.07, 6.45) is 1.09. The topological polar surface area (TPSA) is 110 Å². The lowest BCUT2D eigenvalue weighted by Crippen LogP contribution is -2.42. The van der Waals surface area contributed by atoms with Crippen LogP contribution in [-0.4, -0.2) is 45.5 Å². The standard InChI is InChI=1S/C25H27N5O3/c1-16-12-17(2)15-29(14-16)25(33)19-10-6-7-11-20(19)27-24(32)21-13-22(23(26)31)30(28-21)18-8-4-3-5-9-18/h3-11,13,16-17H,12,14-15H2,1-2H3,(H2,26,31)(H,27,32). The first-order valence-corrected chi connectivity index (χ1v) is 11.0. The Balaban J connectivity index is 1.60. The number of hydrogen-bond acceptors (Lipinski definition) is 4. The molecular formula is C25H27N5O3. The molecule has 0 bridgehead atoms. The number of rotatable bonds is 5. The molecule has 1 fully saturated rings. The number of nitrogens with zero attached hydrogens (tertiary/aromatic N) is 3. The summed E-state index contributed by atoms with van der Waals surface area (Å²) in [6.45, 7) is 5.66. The zero-order valence-electron chi connectivity index (χ0n) is 18.7. The van der Waals surface area contributed by atoms with E-state index in [1.165, 1.54) is 10.7 Å². The van der Waals surface area contributed by atoms with E-state index in [2.05, 4.69) is 24.3 Å². The van der Waals surface area contributed by atoms with E-state index in [0.717, 1.165) is 6.42 Å². The monoisotopic (exact) mass is 445 g/mol. The minimum absolute atomic E-state index is 0.0233. The van der Waals surface area contributed by atoms with Crippen molar-refractivity contribution in [2.45, 2.75) is 20.3 Å². The number of amides is 3. The van der Waals surface area contributed by atoms with E-state index in [1.54, 1.807) is 48.5 Å². The normalized spacial score (nSPS) is 18.1. The van der Waals surface area contributed by atoms with Crippen LogP contribution in [0.3, 0.4) is 0 Å². The molecule has 3 aromatic rings. The molecule has 2 atom stereocenters. The third-order valence-electron chi connectivity index (χ3n) is 5.76. The molecule has 170 valence electrons. The summed E-state index contributed by atoms with van der Waals surface area (Å²) in [5.41, 5.74) is 7.04. The van der Waals surface area contributed by atoms with Gasteiger partial charge in [0.05, 0.1) is 16.9 Å². The lowest BCUT2D eigenvalue weighted by atomic mass is 9.91. The van der Waals surface area contributed by atoms with E-state index in [4.69, 9.17) is 5.73 Å². The van der Waals surface area contributed by atoms with Crippen molar-refractivity contribution in [3.8, 4) is 5.69 Å². The Labute approximate surface area is 192 Å². The van der Waals surface area contributed by atoms with Gasteiger partial charge in [0.1, 0.15) is 5.69 Å². The van der Waals surface area contributed by atoms with E-state index >= 15 is 0 Å². The fourth-order valence-electron chi connectivity index (χ4n) is 4.40. The van der Waals surface area contributed by atoms with Gasteiger partial charge in [-0.05, 0) is 42.5 Å². The van der Waals surface area contributed by atoms with Crippen molar-refractivity contribution >= 4 is 23.4 Å². The lowest BCUT2D eigenvalue weighted by molar-refractivity contribution is 0.0624. The van der Waals surface area contributed by atoms with Gasteiger partial charge < -0.3 is 16.0 Å². The number of hydrogen-bond donors (Lipinski definition) is 2. The Kier molecular flexibility index (Phi) is 6.26. The molecule has 1 aliphatic heterocycles. The van der Waals surface area contributed by atoms with Crippen LogP contribution in [0, 0.1) is 11.8 Å². The first-order chi connectivity index (χ1) is 15.8. The second-order valence-electron chi connectivity index (χ2n) is 8.68. The third-order valence-corrected chi connectivity index (χ3v) is 5.76. The summed E-state index contributed by atoms with van der Waals surface area (Å²) in [4.78, 5) is 40.1. The number of primary amides is 1. The molecule has 2 aromatic carbocycles. The zero-order chi connectivity index (χ0) is 23.5. The predicted octanol–water partition coefficient (Wildman–Crippen LogP) is 3.34. The van der Waals surface area contributed by atoms with Crippen LogP contribution in [0.4, 0.5) is 5.69 Å². The number of piperidine rings is 1. The Bertz CT molecular complexity index is 1180. The predicted molar refractivity (Wildman–Crippen MR) is 125 cm³/mol. The SMILES string of the molecule is CC1CC(C)CN(C(=O)c2ccccc2NC(=O)c2cc(C(N)=O)n(-c3ccccc3)n2)C1. The minimum atomic E-state index is -0.700. The highest BCUT2D eigenvalue weighted by molar-refractivity contribution is 6.09. The zero-order valence-corrected chi connectivity index (χ0v) is 18.7. The summed E-state index contributed by atoms with van der Waals surface area (Å²) in [7, 11) is 0. The van der Waals surface area contributed by atoms with Crippen LogP contribution in [0.5, 0.6) is 0 Å². The molecule has 0 radical (unpaired) electrons. The van der Waals surface area contributed by atoms with Gasteiger partial charge in [-0.2, -0.15) is 5.10 Å². The smallest absolute Gasteiger partial charge is 0.276 e. The average Bonchev–Trinajstić information content (AvgIpc) is 3.25. The summed E-state index contributed by atoms with van der Waals surface area (Å²) < 4.78 is 1.34. The van der Waals surface area contributed by atoms with E-state index < -0.39 is 11.8 Å². The van der Waals surface area contributed by atoms with Crippen molar-refractivity contribution in [2.24, 2.45) is 17.6 Å². The molecule has 8 heteroatoms. The van der Waals surface area contributed by atoms with Crippen molar-refractivity contribution in [2.75, 3.05) is 18.4 Å². The number of anilines is 1. The maximum atomic E-state index is 13.3. The first-order valence-electron chi connectivity index (χ1n) is 11.0. The van der Waals surface area contributed by atoms with Crippen LogP contribution in [0.2, 0.25) is 0 Å². The maximum absolute atomic E-state index is 13.3. The van der Waals surface area contributed by atoms with Crippen molar-refractivity contribution in [1.82, 2.24) is 14.7 Å². The van der Waals surface area contributed by atoms with Crippen LogP contribution in [0.1, 0.15) is 51.6 Å². The van der Waals surface area contributed by atoms with E-state index in [0.29, 0.717) is 41.9 Å². The summed E-state index contributed by atoms with van der Waals surface area (Å²) in [5, 5.41) is 7.08. The van der Waals surface area contributed by atoms with E-state index in [-0.39, 0.29) is 17.3 Å². The van der Waals surface area contributed by atoms with Crippen molar-refractivity contribution < 1.29 is 14.4 Å². The third kappa shape index (κ3) is 4.79. The second-order valence-corrected chi connectivity index (χ2v) is 8.68. The van der Waals surface area contributed by atoms with Gasteiger partial charge >= 0.3 is 0 Å². The van der Waals surface area contributed by atoms with Gasteiger partial charge in [-0.3, -0.25) is 14.4 Å². The molecular weight excluding hydrogens is 418 g/mol. The summed E-state index contributed by atoms with van der Waals surface area (Å²) in [6, 6.07) is 17.2. The highest BCUT2D eigenvalue weighted by Gasteiger charge is 2.28. The molecule has 3 N–H and O–H groups in total. The highest BCUT2D eigenvalue weighted by atomic mass is 16.2. The molecule has 8 nitrogen and oxygen atoms in total. The Morgan fingerprint density at radius 3 is 2.27 bits per heavy atom. The first kappa shape index (κ1) is 22.3. The quantitative estimate of drug-likeness (QED) is 0.627. The molecule has 1 saturated heterocycles. The molecule has 33 heavy (non-hydrogen) atoms. The molecule has 4 rings (SSSR count). The maximum Gasteiger partial charge on any atom is 0.276 e. The number of nitrogens with two attached hydrogens (primary N) is 1. The Morgan fingerprint density at radius 1 is 0.970 bits per heavy atom. The van der Waals surface area contributed by atoms with Gasteiger partial charge in [-0.15, -0.1) is 0 Å². The number of benzene rings is 2. The molecule has 0 spiro atoms. The molecule has 3 amide bonds. The lowest BCUT2D eigenvalue weighted by Gasteiger charge is -2.35. The van der Waals surface area contributed by atoms with E-state index in [1.807, 2.05) is 11.0 Å². The molecule has 2 heterocycles. The van der Waals surface area contributed by atoms with Gasteiger partial charge in [-0.1, -0.05) is 44.2 Å². The Hall–Kier alpha value is -3.94. The van der Waals surface area contributed by atoms with Crippen LogP contribution >= 0.6 is 0 Å². The van der Waals surface area contributed by atoms with Gasteiger partial charge in [-0.25, -0.2) is 4.68 Å². The van der Waals surface area contributed by atoms with Gasteiger partial charge in [0.2, 0.25) is 0 Å². The second kappa shape index (κ2) is 9.28. The van der Waals surface area contributed by atoms with Crippen molar-refractivity contribution in [3.63, 3.8) is 0 Å². The molecule has 0 saturated carbocycles. The number of aromatic nitrogens is 2. The van der Waals surface area contributed by atoms with Gasteiger partial charge in [0.15, 0.2) is 5.69 Å². The van der Waals surface area contributed by atoms with Gasteiger partial charge in [0, 0.05) is 19.2 Å². The average molecular weight is 446 g/mol. The Morgan fingerprint density at radius 2 is 1.61 bits per heavy atom. The number of carbonyl (C=O) groups is 3. The van der Waals surface area contributed by atoms with Crippen LogP contribution in [0.15, 0.2) is 60.7 Å². The molecule has 0 aliphatic carbocycles. The van der Waals surface area contributed by atoms with Crippen LogP contribution < -0.4 is 11.1 Å². The van der Waals surface area contributed by atoms with Crippen LogP contribution in [-0.2, 0) is 0 Å². The molecule has 2 unspecified atom stereocenters. The minimum Gasteiger partial charge on any atom is -0.364 e. The molecule has 1 aromatic heterocycles. The fourth-order valence-corrected chi connectivity index (χ4v) is 4.40. The van der Waals surface area contributed by atoms with Crippen molar-refractivity contribution in [3.05, 3.63) is 77.6 Å². The number of nitrogens with one attached hydrogen (secondary N) is 1. The number of para-hydroxylation sites is 2. The molecule has 1 aliphatic rings. The van der Waals surface area contributed by atoms with E-state index in [9.17, 15) is 14.4 Å².